The molecule has 454 valence electrons. The lowest BCUT2D eigenvalue weighted by Crippen LogP contribution is -2.30. The van der Waals surface area contributed by atoms with E-state index in [0.29, 0.717) is 19.3 Å². The van der Waals surface area contributed by atoms with Gasteiger partial charge in [-0.1, -0.05) is 309 Å². The van der Waals surface area contributed by atoms with Crippen LogP contribution in [-0.2, 0) is 28.6 Å². The van der Waals surface area contributed by atoms with Crippen LogP contribution in [0.2, 0.25) is 0 Å². The maximum Gasteiger partial charge on any atom is 0.306 e. The SMILES string of the molecule is CC/C=C\C/C=C\C/C=C\C/C=C\C/C=C\C/C=C\CCC(=O)OC(COC(=O)CCCCC/C=C\C/C=C\C/C=C\C/C=C\C/C=C\CC)COC(=O)CCCCCCCCCCCCCCCCCCCCCCCCCC. The lowest BCUT2D eigenvalue weighted by molar-refractivity contribution is -0.166. The summed E-state index contributed by atoms with van der Waals surface area (Å²) in [5, 5.41) is 0. The highest BCUT2D eigenvalue weighted by molar-refractivity contribution is 5.71. The van der Waals surface area contributed by atoms with Gasteiger partial charge in [0, 0.05) is 19.3 Å². The van der Waals surface area contributed by atoms with E-state index in [-0.39, 0.29) is 31.6 Å². The molecule has 0 aromatic heterocycles. The number of unbranched alkanes of at least 4 members (excludes halogenated alkanes) is 26. The highest BCUT2D eigenvalue weighted by Gasteiger charge is 2.19. The van der Waals surface area contributed by atoms with E-state index >= 15 is 0 Å². The van der Waals surface area contributed by atoms with Crippen LogP contribution in [0.5, 0.6) is 0 Å². The zero-order chi connectivity index (χ0) is 57.8. The van der Waals surface area contributed by atoms with Crippen molar-refractivity contribution in [2.75, 3.05) is 13.2 Å². The van der Waals surface area contributed by atoms with E-state index in [0.717, 1.165) is 116 Å². The van der Waals surface area contributed by atoms with Gasteiger partial charge in [0.1, 0.15) is 13.2 Å². The van der Waals surface area contributed by atoms with E-state index in [1.807, 2.05) is 6.08 Å². The zero-order valence-corrected chi connectivity index (χ0v) is 52.0. The molecule has 0 radical (unpaired) electrons. The fraction of sp³-hybridized carbons (Fsp3) is 0.662. The molecule has 1 unspecified atom stereocenters. The van der Waals surface area contributed by atoms with E-state index < -0.39 is 12.1 Å². The van der Waals surface area contributed by atoms with Crippen LogP contribution in [0.1, 0.15) is 297 Å². The summed E-state index contributed by atoms with van der Waals surface area (Å²) < 4.78 is 16.8. The summed E-state index contributed by atoms with van der Waals surface area (Å²) in [4.78, 5) is 38.3. The maximum absolute atomic E-state index is 12.9. The maximum atomic E-state index is 12.9. The monoisotopic (exact) mass is 1110 g/mol. The third-order valence-electron chi connectivity index (χ3n) is 13.9. The highest BCUT2D eigenvalue weighted by atomic mass is 16.6. The molecular weight excluding hydrogens is 985 g/mol. The summed E-state index contributed by atoms with van der Waals surface area (Å²) in [7, 11) is 0. The molecule has 0 N–H and O–H groups in total. The normalized spacial score (nSPS) is 13.0. The van der Waals surface area contributed by atoms with Crippen LogP contribution in [0.4, 0.5) is 0 Å². The van der Waals surface area contributed by atoms with Crippen molar-refractivity contribution in [3.8, 4) is 0 Å². The fourth-order valence-corrected chi connectivity index (χ4v) is 9.03. The van der Waals surface area contributed by atoms with E-state index in [1.165, 1.54) is 135 Å². The molecule has 80 heavy (non-hydrogen) atoms. The van der Waals surface area contributed by atoms with E-state index in [2.05, 4.69) is 148 Å². The van der Waals surface area contributed by atoms with Gasteiger partial charge in [0.05, 0.1) is 0 Å². The summed E-state index contributed by atoms with van der Waals surface area (Å²) in [6.07, 6.45) is 94.8. The van der Waals surface area contributed by atoms with Crippen molar-refractivity contribution in [3.05, 3.63) is 134 Å². The summed E-state index contributed by atoms with van der Waals surface area (Å²) in [5.41, 5.74) is 0. The Hall–Kier alpha value is -4.45. The van der Waals surface area contributed by atoms with Crippen LogP contribution in [-0.4, -0.2) is 37.2 Å². The third-order valence-corrected chi connectivity index (χ3v) is 13.9. The summed E-state index contributed by atoms with van der Waals surface area (Å²) in [6.45, 7) is 6.35. The molecule has 0 bridgehead atoms. The Morgan fingerprint density at radius 3 is 0.812 bits per heavy atom. The quantitative estimate of drug-likeness (QED) is 0.0261. The molecule has 0 aliphatic heterocycles. The second-order valence-electron chi connectivity index (χ2n) is 21.6. The Labute approximate surface area is 494 Å². The Balaban J connectivity index is 4.49. The minimum absolute atomic E-state index is 0.121. The molecule has 6 heteroatoms. The van der Waals surface area contributed by atoms with E-state index in [1.54, 1.807) is 0 Å². The van der Waals surface area contributed by atoms with Crippen molar-refractivity contribution >= 4 is 17.9 Å². The van der Waals surface area contributed by atoms with Crippen molar-refractivity contribution in [2.24, 2.45) is 0 Å². The molecule has 0 aromatic rings. The largest absolute Gasteiger partial charge is 0.462 e. The van der Waals surface area contributed by atoms with Gasteiger partial charge in [-0.25, -0.2) is 0 Å². The molecule has 0 aliphatic rings. The molecule has 6 nitrogen and oxygen atoms in total. The number of esters is 3. The van der Waals surface area contributed by atoms with Gasteiger partial charge in [-0.05, 0) is 103 Å². The van der Waals surface area contributed by atoms with Crippen molar-refractivity contribution in [1.82, 2.24) is 0 Å². The lowest BCUT2D eigenvalue weighted by atomic mass is 10.0. The number of rotatable bonds is 59. The van der Waals surface area contributed by atoms with Gasteiger partial charge < -0.3 is 14.2 Å². The van der Waals surface area contributed by atoms with Gasteiger partial charge in [0.15, 0.2) is 6.10 Å². The van der Waals surface area contributed by atoms with Crippen molar-refractivity contribution in [2.45, 2.75) is 303 Å². The topological polar surface area (TPSA) is 78.9 Å². The van der Waals surface area contributed by atoms with Crippen LogP contribution in [0.3, 0.4) is 0 Å². The molecule has 0 spiro atoms. The van der Waals surface area contributed by atoms with Crippen LogP contribution in [0.25, 0.3) is 0 Å². The number of carbonyl (C=O) groups excluding carboxylic acids is 3. The van der Waals surface area contributed by atoms with Crippen molar-refractivity contribution in [1.29, 1.82) is 0 Å². The summed E-state index contributed by atoms with van der Waals surface area (Å²) >= 11 is 0. The summed E-state index contributed by atoms with van der Waals surface area (Å²) in [5.74, 6) is -1.03. The molecule has 0 heterocycles. The van der Waals surface area contributed by atoms with E-state index in [9.17, 15) is 14.4 Å². The standard InChI is InChI=1S/C74H122O6/c1-4-7-10-13-16-19-22-25-28-31-34-35-36-37-38-41-43-46-49-52-55-58-61-64-67-73(76)79-70-71(80-74(77)68-65-62-59-56-53-50-47-44-40-33-30-27-24-21-18-15-12-9-6-3)69-78-72(75)66-63-60-57-54-51-48-45-42-39-32-29-26-23-20-17-14-11-8-5-2/h8-9,11-12,17-18,20-21,26-27,29-30,39-40,42,44,48,50-51,53,59,62,71H,4-7,10,13-16,19,22-25,28,31-38,41,43,45-47,49,52,54-58,60-61,63-70H2,1-3H3/b11-8-,12-9-,20-17-,21-18-,29-26-,30-27-,42-39-,44-40-,51-48-,53-50-,62-59-. The van der Waals surface area contributed by atoms with Crippen LogP contribution < -0.4 is 0 Å². The molecule has 0 fully saturated rings. The number of hydrogen-bond acceptors (Lipinski definition) is 6. The predicted octanol–water partition coefficient (Wildman–Crippen LogP) is 22.9. The molecule has 0 saturated carbocycles. The minimum Gasteiger partial charge on any atom is -0.462 e. The Kier molecular flexibility index (Phi) is 63.3. The number of carbonyl (C=O) groups is 3. The Morgan fingerprint density at radius 1 is 0.263 bits per heavy atom. The van der Waals surface area contributed by atoms with Crippen molar-refractivity contribution < 1.29 is 28.6 Å². The fourth-order valence-electron chi connectivity index (χ4n) is 9.03. The summed E-state index contributed by atoms with van der Waals surface area (Å²) in [6, 6.07) is 0. The molecule has 0 amide bonds. The molecule has 0 aromatic carbocycles. The first-order chi connectivity index (χ1) is 39.5. The molecule has 1 atom stereocenters. The van der Waals surface area contributed by atoms with Gasteiger partial charge in [-0.15, -0.1) is 0 Å². The van der Waals surface area contributed by atoms with Gasteiger partial charge >= 0.3 is 17.9 Å². The van der Waals surface area contributed by atoms with E-state index in [4.69, 9.17) is 14.2 Å². The number of allylic oxidation sites excluding steroid dienone is 22. The van der Waals surface area contributed by atoms with Gasteiger partial charge in [-0.3, -0.25) is 14.4 Å². The number of ether oxygens (including phenoxy) is 3. The highest BCUT2D eigenvalue weighted by Crippen LogP contribution is 2.17. The zero-order valence-electron chi connectivity index (χ0n) is 52.0. The Bertz CT molecular complexity index is 1700. The van der Waals surface area contributed by atoms with Crippen molar-refractivity contribution in [3.63, 3.8) is 0 Å². The van der Waals surface area contributed by atoms with Gasteiger partial charge in [0.25, 0.3) is 0 Å². The second kappa shape index (κ2) is 67.1. The first-order valence-electron chi connectivity index (χ1n) is 33.2. The molecule has 0 rings (SSSR count). The molecule has 0 saturated heterocycles. The molecular formula is C74H122O6. The predicted molar refractivity (Wildman–Crippen MR) is 348 cm³/mol. The minimum atomic E-state index is -0.838. The van der Waals surface area contributed by atoms with Gasteiger partial charge in [-0.2, -0.15) is 0 Å². The lowest BCUT2D eigenvalue weighted by Gasteiger charge is -2.18. The first kappa shape index (κ1) is 75.5. The smallest absolute Gasteiger partial charge is 0.306 e. The van der Waals surface area contributed by atoms with Crippen LogP contribution in [0, 0.1) is 0 Å². The average molecular weight is 1110 g/mol. The average Bonchev–Trinajstić information content (AvgIpc) is 3.46. The van der Waals surface area contributed by atoms with Crippen LogP contribution >= 0.6 is 0 Å². The Morgan fingerprint density at radius 2 is 0.512 bits per heavy atom. The third kappa shape index (κ3) is 64.4. The second-order valence-corrected chi connectivity index (χ2v) is 21.6. The van der Waals surface area contributed by atoms with Gasteiger partial charge in [0.2, 0.25) is 0 Å². The molecule has 0 aliphatic carbocycles. The number of hydrogen-bond donors (Lipinski definition) is 0. The first-order valence-corrected chi connectivity index (χ1v) is 33.2. The van der Waals surface area contributed by atoms with Crippen LogP contribution in [0.15, 0.2) is 134 Å².